The van der Waals surface area contributed by atoms with Gasteiger partial charge in [-0.25, -0.2) is 0 Å². The molecule has 0 saturated heterocycles. The third-order valence-electron chi connectivity index (χ3n) is 3.97. The third-order valence-corrected chi connectivity index (χ3v) is 3.97. The second-order valence-corrected chi connectivity index (χ2v) is 5.64. The molecule has 1 aromatic rings. The van der Waals surface area contributed by atoms with Gasteiger partial charge in [0.2, 0.25) is 0 Å². The number of halogens is 3. The van der Waals surface area contributed by atoms with Crippen molar-refractivity contribution >= 4 is 0 Å². The molecule has 3 unspecified atom stereocenters. The van der Waals surface area contributed by atoms with Crippen molar-refractivity contribution in [2.24, 2.45) is 11.3 Å². The maximum Gasteiger partial charge on any atom is 0.573 e. The van der Waals surface area contributed by atoms with Gasteiger partial charge in [-0.1, -0.05) is 19.1 Å². The minimum Gasteiger partial charge on any atom is -0.406 e. The zero-order valence-corrected chi connectivity index (χ0v) is 11.5. The summed E-state index contributed by atoms with van der Waals surface area (Å²) in [5, 5.41) is 19.8. The van der Waals surface area contributed by atoms with Crippen LogP contribution in [0.3, 0.4) is 0 Å². The highest BCUT2D eigenvalue weighted by Crippen LogP contribution is 2.49. The third kappa shape index (κ3) is 3.48. The summed E-state index contributed by atoms with van der Waals surface area (Å²) in [5.74, 6) is 0.0105. The van der Waals surface area contributed by atoms with Crippen LogP contribution in [0.4, 0.5) is 13.2 Å². The first-order valence-corrected chi connectivity index (χ1v) is 6.71. The minimum atomic E-state index is -4.74. The number of alkyl halides is 3. The molecule has 0 aromatic heterocycles. The molecule has 0 aliphatic heterocycles. The molecule has 3 atom stereocenters. The summed E-state index contributed by atoms with van der Waals surface area (Å²) in [5.41, 5.74) is -0.425. The molecule has 1 fully saturated rings. The van der Waals surface area contributed by atoms with Crippen LogP contribution in [-0.2, 0) is 0 Å². The molecule has 0 heterocycles. The molecule has 2 rings (SSSR count). The summed E-state index contributed by atoms with van der Waals surface area (Å²) < 4.78 is 40.1. The number of hydrogen-bond acceptors (Lipinski definition) is 3. The lowest BCUT2D eigenvalue weighted by Gasteiger charge is -2.27. The number of nitrogens with zero attached hydrogens (tertiary/aromatic N) is 1. The van der Waals surface area contributed by atoms with E-state index in [-0.39, 0.29) is 5.75 Å². The zero-order valence-electron chi connectivity index (χ0n) is 11.5. The van der Waals surface area contributed by atoms with Gasteiger partial charge in [0.15, 0.2) is 0 Å². The van der Waals surface area contributed by atoms with E-state index in [2.05, 4.69) is 10.8 Å². The van der Waals surface area contributed by atoms with Gasteiger partial charge in [-0.2, -0.15) is 5.26 Å². The van der Waals surface area contributed by atoms with E-state index in [1.165, 1.54) is 12.1 Å². The SMILES string of the molecule is CC1CCC(C#N)(C(O)c2ccc(OC(F)(F)F)cc2)C1. The van der Waals surface area contributed by atoms with E-state index in [4.69, 9.17) is 0 Å². The molecule has 0 radical (unpaired) electrons. The summed E-state index contributed by atoms with van der Waals surface area (Å²) in [4.78, 5) is 0. The van der Waals surface area contributed by atoms with Gasteiger partial charge in [0.1, 0.15) is 5.75 Å². The summed E-state index contributed by atoms with van der Waals surface area (Å²) in [6.45, 7) is 2.02. The van der Waals surface area contributed by atoms with Crippen molar-refractivity contribution in [3.63, 3.8) is 0 Å². The lowest BCUT2D eigenvalue weighted by atomic mass is 9.78. The summed E-state index contributed by atoms with van der Waals surface area (Å²) in [6, 6.07) is 7.23. The fraction of sp³-hybridized carbons (Fsp3) is 0.533. The molecule has 1 aliphatic carbocycles. The normalized spacial score (nSPS) is 27.1. The van der Waals surface area contributed by atoms with Crippen LogP contribution in [0.2, 0.25) is 0 Å². The first-order valence-electron chi connectivity index (χ1n) is 6.71. The maximum absolute atomic E-state index is 12.1. The molecule has 1 saturated carbocycles. The highest BCUT2D eigenvalue weighted by atomic mass is 19.4. The van der Waals surface area contributed by atoms with Crippen LogP contribution in [0.5, 0.6) is 5.75 Å². The van der Waals surface area contributed by atoms with Crippen LogP contribution in [0.1, 0.15) is 37.9 Å². The predicted molar refractivity (Wildman–Crippen MR) is 69.1 cm³/mol. The molecular weight excluding hydrogens is 283 g/mol. The van der Waals surface area contributed by atoms with Gasteiger partial charge < -0.3 is 9.84 Å². The van der Waals surface area contributed by atoms with Crippen molar-refractivity contribution in [2.45, 2.75) is 38.7 Å². The Bertz CT molecular complexity index is 535. The Hall–Kier alpha value is -1.74. The molecule has 3 nitrogen and oxygen atoms in total. The Balaban J connectivity index is 2.17. The fourth-order valence-electron chi connectivity index (χ4n) is 2.91. The van der Waals surface area contributed by atoms with Crippen LogP contribution in [0, 0.1) is 22.7 Å². The average Bonchev–Trinajstić information content (AvgIpc) is 2.80. The van der Waals surface area contributed by atoms with E-state index >= 15 is 0 Å². The topological polar surface area (TPSA) is 53.2 Å². The van der Waals surface area contributed by atoms with Gasteiger partial charge in [-0.05, 0) is 42.9 Å². The largest absolute Gasteiger partial charge is 0.573 e. The predicted octanol–water partition coefficient (Wildman–Crippen LogP) is 3.95. The highest BCUT2D eigenvalue weighted by molar-refractivity contribution is 5.31. The summed E-state index contributed by atoms with van der Waals surface area (Å²) in [7, 11) is 0. The first-order chi connectivity index (χ1) is 9.76. The minimum absolute atomic E-state index is 0.343. The number of nitriles is 1. The Morgan fingerprint density at radius 3 is 2.43 bits per heavy atom. The Morgan fingerprint density at radius 2 is 2.00 bits per heavy atom. The van der Waals surface area contributed by atoms with E-state index in [1.807, 2.05) is 6.92 Å². The van der Waals surface area contributed by atoms with Crippen LogP contribution >= 0.6 is 0 Å². The average molecular weight is 299 g/mol. The Kier molecular flexibility index (Phi) is 4.15. The van der Waals surface area contributed by atoms with E-state index in [0.717, 1.165) is 18.6 Å². The van der Waals surface area contributed by atoms with Crippen LogP contribution in [0.25, 0.3) is 0 Å². The standard InChI is InChI=1S/C15H16F3NO2/c1-10-6-7-14(8-10,9-19)13(20)11-2-4-12(5-3-11)21-15(16,17)18/h2-5,10,13,20H,6-8H2,1H3. The molecule has 1 aromatic carbocycles. The van der Waals surface area contributed by atoms with Crippen molar-refractivity contribution in [3.8, 4) is 11.8 Å². The summed E-state index contributed by atoms with van der Waals surface area (Å²) in [6.07, 6.45) is -3.71. The van der Waals surface area contributed by atoms with Crippen LogP contribution in [-0.4, -0.2) is 11.5 Å². The van der Waals surface area contributed by atoms with E-state index in [9.17, 15) is 23.5 Å². The van der Waals surface area contributed by atoms with Crippen LogP contribution in [0.15, 0.2) is 24.3 Å². The van der Waals surface area contributed by atoms with Gasteiger partial charge >= 0.3 is 6.36 Å². The Morgan fingerprint density at radius 1 is 1.38 bits per heavy atom. The molecule has 1 N–H and O–H groups in total. The van der Waals surface area contributed by atoms with E-state index in [0.29, 0.717) is 24.3 Å². The quantitative estimate of drug-likeness (QED) is 0.919. The number of hydrogen-bond donors (Lipinski definition) is 1. The zero-order chi connectivity index (χ0) is 15.7. The molecule has 21 heavy (non-hydrogen) atoms. The van der Waals surface area contributed by atoms with Gasteiger partial charge in [0.05, 0.1) is 17.6 Å². The molecule has 0 amide bonds. The highest BCUT2D eigenvalue weighted by Gasteiger charge is 2.44. The maximum atomic E-state index is 12.1. The van der Waals surface area contributed by atoms with Crippen molar-refractivity contribution in [1.82, 2.24) is 0 Å². The molecular formula is C15H16F3NO2. The molecule has 1 aliphatic rings. The van der Waals surface area contributed by atoms with Crippen molar-refractivity contribution in [2.75, 3.05) is 0 Å². The Labute approximate surface area is 121 Å². The van der Waals surface area contributed by atoms with E-state index in [1.54, 1.807) is 0 Å². The monoisotopic (exact) mass is 299 g/mol. The number of aliphatic hydroxyl groups excluding tert-OH is 1. The van der Waals surface area contributed by atoms with Crippen molar-refractivity contribution in [1.29, 1.82) is 5.26 Å². The second kappa shape index (κ2) is 5.57. The number of aliphatic hydroxyl groups is 1. The fourth-order valence-corrected chi connectivity index (χ4v) is 2.91. The van der Waals surface area contributed by atoms with Crippen molar-refractivity contribution in [3.05, 3.63) is 29.8 Å². The van der Waals surface area contributed by atoms with Gasteiger partial charge in [0, 0.05) is 0 Å². The van der Waals surface area contributed by atoms with Gasteiger partial charge in [-0.3, -0.25) is 0 Å². The molecule has 0 bridgehead atoms. The smallest absolute Gasteiger partial charge is 0.406 e. The molecule has 6 heteroatoms. The van der Waals surface area contributed by atoms with Gasteiger partial charge in [0.25, 0.3) is 0 Å². The number of benzene rings is 1. The number of ether oxygens (including phenoxy) is 1. The molecule has 0 spiro atoms. The lowest BCUT2D eigenvalue weighted by Crippen LogP contribution is -2.24. The number of rotatable bonds is 3. The lowest BCUT2D eigenvalue weighted by molar-refractivity contribution is -0.274. The van der Waals surface area contributed by atoms with E-state index < -0.39 is 17.9 Å². The van der Waals surface area contributed by atoms with Crippen molar-refractivity contribution < 1.29 is 23.0 Å². The van der Waals surface area contributed by atoms with Gasteiger partial charge in [-0.15, -0.1) is 13.2 Å². The van der Waals surface area contributed by atoms with Crippen LogP contribution < -0.4 is 4.74 Å². The first kappa shape index (κ1) is 15.6. The second-order valence-electron chi connectivity index (χ2n) is 5.64. The summed E-state index contributed by atoms with van der Waals surface area (Å²) >= 11 is 0. The molecule has 114 valence electrons.